The number of hydrogen-bond acceptors (Lipinski definition) is 4. The Kier molecular flexibility index (Phi) is 5.23. The highest BCUT2D eigenvalue weighted by molar-refractivity contribution is 7.27. The average Bonchev–Trinajstić information content (AvgIpc) is 3.67. The molecule has 0 aliphatic heterocycles. The average molecular weight is 629 g/mol. The summed E-state index contributed by atoms with van der Waals surface area (Å²) in [5.41, 5.74) is 9.16. The van der Waals surface area contributed by atoms with Crippen LogP contribution >= 0.6 is 11.3 Å². The van der Waals surface area contributed by atoms with Crippen molar-refractivity contribution in [2.75, 3.05) is 0 Å². The molecule has 1 aliphatic carbocycles. The van der Waals surface area contributed by atoms with E-state index in [0.717, 1.165) is 22.2 Å². The molecule has 0 unspecified atom stereocenters. The van der Waals surface area contributed by atoms with Crippen molar-refractivity contribution in [3.05, 3.63) is 146 Å². The van der Waals surface area contributed by atoms with Gasteiger partial charge in [-0.05, 0) is 51.2 Å². The number of hydrogen-bond donors (Lipinski definition) is 0. The van der Waals surface area contributed by atoms with E-state index in [-0.39, 0.29) is 0 Å². The van der Waals surface area contributed by atoms with Gasteiger partial charge < -0.3 is 0 Å². The minimum atomic E-state index is 0.606. The molecule has 3 aromatic heterocycles. The lowest BCUT2D eigenvalue weighted by molar-refractivity contribution is 0.954. The summed E-state index contributed by atoms with van der Waals surface area (Å²) in [6.45, 7) is 0. The van der Waals surface area contributed by atoms with Crippen LogP contribution in [0.15, 0.2) is 146 Å². The van der Waals surface area contributed by atoms with Crippen molar-refractivity contribution in [3.63, 3.8) is 0 Å². The molecule has 7 aromatic carbocycles. The molecule has 0 N–H and O–H groups in total. The zero-order chi connectivity index (χ0) is 31.3. The fourth-order valence-corrected chi connectivity index (χ4v) is 9.08. The zero-order valence-corrected chi connectivity index (χ0v) is 26.4. The van der Waals surface area contributed by atoms with Gasteiger partial charge in [0.1, 0.15) is 0 Å². The second-order valence-electron chi connectivity index (χ2n) is 12.4. The van der Waals surface area contributed by atoms with Gasteiger partial charge in [0.05, 0.1) is 11.0 Å². The van der Waals surface area contributed by atoms with Crippen LogP contribution in [0.25, 0.3) is 104 Å². The molecule has 0 saturated carbocycles. The van der Waals surface area contributed by atoms with Gasteiger partial charge in [-0.3, -0.25) is 4.57 Å². The van der Waals surface area contributed by atoms with Crippen molar-refractivity contribution in [1.82, 2.24) is 19.5 Å². The minimum absolute atomic E-state index is 0.606. The van der Waals surface area contributed by atoms with Crippen LogP contribution in [0.2, 0.25) is 0 Å². The summed E-state index contributed by atoms with van der Waals surface area (Å²) >= 11 is 1.89. The largest absolute Gasteiger partial charge is 0.278 e. The molecule has 5 heteroatoms. The van der Waals surface area contributed by atoms with Crippen molar-refractivity contribution in [2.24, 2.45) is 0 Å². The van der Waals surface area contributed by atoms with Crippen LogP contribution in [0, 0.1) is 0 Å². The van der Waals surface area contributed by atoms with Crippen molar-refractivity contribution in [1.29, 1.82) is 0 Å². The number of benzene rings is 7. The standard InChI is InChI=1S/C43H24N4S/c1-3-12-26(13-4-1)41-44-42(27-14-5-2-6-15-27)46-43(45-41)47-33-22-8-7-18-31(33)37-34(47)24-32-30-20-10-17-25-16-9-19-28(36(25)30)29-21-11-23-35-38(29)39(32)40(37)48-35/h1-24H. The first-order valence-corrected chi connectivity index (χ1v) is 16.9. The molecule has 48 heavy (non-hydrogen) atoms. The summed E-state index contributed by atoms with van der Waals surface area (Å²) in [5.74, 6) is 1.90. The van der Waals surface area contributed by atoms with Crippen LogP contribution in [-0.2, 0) is 0 Å². The van der Waals surface area contributed by atoms with Crippen LogP contribution in [0.5, 0.6) is 0 Å². The number of thiophene rings is 1. The van der Waals surface area contributed by atoms with E-state index in [1.807, 2.05) is 47.7 Å². The molecule has 0 bridgehead atoms. The third-order valence-corrected chi connectivity index (χ3v) is 10.9. The molecule has 3 heterocycles. The zero-order valence-electron chi connectivity index (χ0n) is 25.6. The molecule has 0 atom stereocenters. The molecule has 1 aliphatic rings. The summed E-state index contributed by atoms with van der Waals surface area (Å²) in [5, 5.41) is 7.65. The van der Waals surface area contributed by atoms with Crippen LogP contribution in [0.1, 0.15) is 0 Å². The number of nitrogens with zero attached hydrogens (tertiary/aromatic N) is 4. The normalized spacial score (nSPS) is 12.2. The van der Waals surface area contributed by atoms with Crippen molar-refractivity contribution >= 4 is 64.1 Å². The number of para-hydroxylation sites is 1. The van der Waals surface area contributed by atoms with Gasteiger partial charge in [-0.1, -0.05) is 127 Å². The lowest BCUT2D eigenvalue weighted by atomic mass is 9.93. The number of fused-ring (bicyclic) bond motifs is 6. The number of rotatable bonds is 3. The fourth-order valence-electron chi connectivity index (χ4n) is 7.77. The van der Waals surface area contributed by atoms with Crippen molar-refractivity contribution in [3.8, 4) is 51.0 Å². The van der Waals surface area contributed by atoms with Gasteiger partial charge in [0.2, 0.25) is 5.95 Å². The highest BCUT2D eigenvalue weighted by atomic mass is 32.1. The van der Waals surface area contributed by atoms with Crippen molar-refractivity contribution < 1.29 is 0 Å². The van der Waals surface area contributed by atoms with Crippen LogP contribution in [0.3, 0.4) is 0 Å². The second kappa shape index (κ2) is 9.67. The third kappa shape index (κ3) is 3.51. The van der Waals surface area contributed by atoms with Crippen LogP contribution < -0.4 is 0 Å². The van der Waals surface area contributed by atoms with E-state index in [9.17, 15) is 0 Å². The first kappa shape index (κ1) is 26.0. The molecule has 222 valence electrons. The second-order valence-corrected chi connectivity index (χ2v) is 13.4. The highest BCUT2D eigenvalue weighted by Crippen LogP contribution is 2.53. The lowest BCUT2D eigenvalue weighted by Gasteiger charge is -2.13. The highest BCUT2D eigenvalue weighted by Gasteiger charge is 2.27. The fraction of sp³-hybridized carbons (Fsp3) is 0. The Morgan fingerprint density at radius 1 is 0.438 bits per heavy atom. The molecule has 0 fully saturated rings. The number of aromatic nitrogens is 4. The van der Waals surface area contributed by atoms with Crippen LogP contribution in [-0.4, -0.2) is 19.5 Å². The maximum absolute atomic E-state index is 5.20. The van der Waals surface area contributed by atoms with E-state index in [1.54, 1.807) is 0 Å². The summed E-state index contributed by atoms with van der Waals surface area (Å²) in [7, 11) is 0. The van der Waals surface area contributed by atoms with Gasteiger partial charge >= 0.3 is 0 Å². The van der Waals surface area contributed by atoms with E-state index in [4.69, 9.17) is 15.0 Å². The van der Waals surface area contributed by atoms with E-state index >= 15 is 0 Å². The van der Waals surface area contributed by atoms with Gasteiger partial charge in [0.15, 0.2) is 11.6 Å². The Hall–Kier alpha value is -6.17. The van der Waals surface area contributed by atoms with Gasteiger partial charge in [-0.25, -0.2) is 4.98 Å². The Balaban J connectivity index is 1.33. The minimum Gasteiger partial charge on any atom is -0.278 e. The van der Waals surface area contributed by atoms with Gasteiger partial charge in [0.25, 0.3) is 0 Å². The molecule has 4 nitrogen and oxygen atoms in total. The first-order valence-electron chi connectivity index (χ1n) is 16.1. The molecule has 10 aromatic rings. The van der Waals surface area contributed by atoms with Crippen molar-refractivity contribution in [2.45, 2.75) is 0 Å². The van der Waals surface area contributed by atoms with E-state index in [0.29, 0.717) is 17.6 Å². The predicted molar refractivity (Wildman–Crippen MR) is 200 cm³/mol. The summed E-state index contributed by atoms with van der Waals surface area (Å²) < 4.78 is 4.85. The maximum atomic E-state index is 5.20. The summed E-state index contributed by atoms with van der Waals surface area (Å²) in [4.78, 5) is 15.4. The van der Waals surface area contributed by atoms with E-state index < -0.39 is 0 Å². The molecule has 0 spiro atoms. The van der Waals surface area contributed by atoms with E-state index in [2.05, 4.69) is 114 Å². The Morgan fingerprint density at radius 3 is 1.75 bits per heavy atom. The molecule has 0 amide bonds. The van der Waals surface area contributed by atoms with Gasteiger partial charge in [-0.2, -0.15) is 9.97 Å². The summed E-state index contributed by atoms with van der Waals surface area (Å²) in [6.07, 6.45) is 0. The van der Waals surface area contributed by atoms with E-state index in [1.165, 1.54) is 64.0 Å². The molecular weight excluding hydrogens is 605 g/mol. The SMILES string of the molecule is c1ccc(-c2nc(-c3ccccc3)nc(-n3c4ccccc4c4c5sc6cccc7c6c5c(cc43)-c3cccc4cccc-7c34)n2)cc1. The van der Waals surface area contributed by atoms with Gasteiger partial charge in [0, 0.05) is 42.1 Å². The molecule has 0 radical (unpaired) electrons. The third-order valence-electron chi connectivity index (χ3n) is 9.78. The predicted octanol–water partition coefficient (Wildman–Crippen LogP) is 11.5. The topological polar surface area (TPSA) is 43.6 Å². The smallest absolute Gasteiger partial charge is 0.238 e. The van der Waals surface area contributed by atoms with Crippen LogP contribution in [0.4, 0.5) is 0 Å². The Labute approximate surface area is 279 Å². The Morgan fingerprint density at radius 2 is 1.04 bits per heavy atom. The lowest BCUT2D eigenvalue weighted by Crippen LogP contribution is -2.06. The first-order chi connectivity index (χ1) is 23.8. The Bertz CT molecular complexity index is 2880. The molecule has 0 saturated heterocycles. The van der Waals surface area contributed by atoms with Gasteiger partial charge in [-0.15, -0.1) is 11.3 Å². The molecule has 11 rings (SSSR count). The monoisotopic (exact) mass is 628 g/mol. The summed E-state index contributed by atoms with van der Waals surface area (Å²) in [6, 6.07) is 51.7. The quantitative estimate of drug-likeness (QED) is 0.196. The molecular formula is C43H24N4S. The maximum Gasteiger partial charge on any atom is 0.238 e.